The van der Waals surface area contributed by atoms with Crippen LogP contribution in [0.25, 0.3) is 0 Å². The van der Waals surface area contributed by atoms with Crippen LogP contribution >= 0.6 is 11.3 Å². The monoisotopic (exact) mass is 337 g/mol. The van der Waals surface area contributed by atoms with E-state index in [0.29, 0.717) is 31.9 Å². The number of ether oxygens (including phenoxy) is 1. The molecule has 6 nitrogen and oxygen atoms in total. The Labute approximate surface area is 140 Å². The number of likely N-dealkylation sites (tertiary alicyclic amines) is 2. The largest absolute Gasteiger partial charge is 0.383 e. The number of methoxy groups -OCH3 is 1. The number of carbonyl (C=O) groups excluding carboxylic acids is 2. The van der Waals surface area contributed by atoms with E-state index < -0.39 is 0 Å². The molecule has 0 radical (unpaired) electrons. The van der Waals surface area contributed by atoms with Gasteiger partial charge in [0.1, 0.15) is 5.69 Å². The van der Waals surface area contributed by atoms with Crippen LogP contribution in [0.4, 0.5) is 0 Å². The molecule has 7 heteroatoms. The van der Waals surface area contributed by atoms with Gasteiger partial charge in [0.25, 0.3) is 5.91 Å². The average molecular weight is 337 g/mol. The first-order valence-corrected chi connectivity index (χ1v) is 9.06. The maximum atomic E-state index is 12.8. The standard InChI is InChI=1S/C16H23N3O3S/c1-22-10-9-19-8-5-16(15(19)21)3-2-6-18(7-4-16)14(20)13-11-23-12-17-13/h11-12H,2-10H2,1H3/t16-/m1/s1. The molecule has 3 rings (SSSR count). The summed E-state index contributed by atoms with van der Waals surface area (Å²) in [6.07, 6.45) is 3.40. The van der Waals surface area contributed by atoms with Crippen LogP contribution < -0.4 is 0 Å². The van der Waals surface area contributed by atoms with Crippen LogP contribution in [-0.2, 0) is 9.53 Å². The zero-order valence-corrected chi connectivity index (χ0v) is 14.3. The highest BCUT2D eigenvalue weighted by atomic mass is 32.1. The molecule has 0 bridgehead atoms. The lowest BCUT2D eigenvalue weighted by Crippen LogP contribution is -2.37. The van der Waals surface area contributed by atoms with Crippen LogP contribution in [0.3, 0.4) is 0 Å². The Morgan fingerprint density at radius 2 is 2.17 bits per heavy atom. The lowest BCUT2D eigenvalue weighted by Gasteiger charge is -2.26. The summed E-state index contributed by atoms with van der Waals surface area (Å²) in [7, 11) is 1.66. The van der Waals surface area contributed by atoms with Gasteiger partial charge in [-0.25, -0.2) is 4.98 Å². The van der Waals surface area contributed by atoms with Gasteiger partial charge in [0.05, 0.1) is 17.5 Å². The van der Waals surface area contributed by atoms with Crippen LogP contribution in [0, 0.1) is 5.41 Å². The van der Waals surface area contributed by atoms with Crippen molar-refractivity contribution in [1.82, 2.24) is 14.8 Å². The van der Waals surface area contributed by atoms with Crippen molar-refractivity contribution in [2.45, 2.75) is 25.7 Å². The SMILES string of the molecule is COCCN1CC[C@]2(CCCN(C(=O)c3cscn3)CC2)C1=O. The molecule has 1 atom stereocenters. The summed E-state index contributed by atoms with van der Waals surface area (Å²) in [5, 5.41) is 1.79. The molecular weight excluding hydrogens is 314 g/mol. The van der Waals surface area contributed by atoms with Gasteiger partial charge in [0, 0.05) is 38.7 Å². The molecule has 2 aliphatic heterocycles. The molecule has 0 N–H and O–H groups in total. The van der Waals surface area contributed by atoms with Crippen molar-refractivity contribution in [2.24, 2.45) is 5.41 Å². The maximum Gasteiger partial charge on any atom is 0.273 e. The molecule has 1 spiro atoms. The number of carbonyl (C=O) groups is 2. The number of rotatable bonds is 4. The molecule has 0 aliphatic carbocycles. The Hall–Kier alpha value is -1.47. The second kappa shape index (κ2) is 6.97. The molecule has 2 amide bonds. The number of aromatic nitrogens is 1. The highest BCUT2D eigenvalue weighted by molar-refractivity contribution is 7.07. The minimum Gasteiger partial charge on any atom is -0.383 e. The molecule has 23 heavy (non-hydrogen) atoms. The molecule has 2 aliphatic rings. The van der Waals surface area contributed by atoms with E-state index >= 15 is 0 Å². The van der Waals surface area contributed by atoms with E-state index in [1.807, 2.05) is 9.80 Å². The van der Waals surface area contributed by atoms with Crippen molar-refractivity contribution < 1.29 is 14.3 Å². The van der Waals surface area contributed by atoms with Crippen molar-refractivity contribution in [3.63, 3.8) is 0 Å². The zero-order chi connectivity index (χ0) is 16.3. The van der Waals surface area contributed by atoms with Crippen LogP contribution in [0.15, 0.2) is 10.9 Å². The molecule has 2 fully saturated rings. The van der Waals surface area contributed by atoms with Crippen molar-refractivity contribution in [1.29, 1.82) is 0 Å². The Kier molecular flexibility index (Phi) is 4.96. The van der Waals surface area contributed by atoms with E-state index in [-0.39, 0.29) is 17.2 Å². The Balaban J connectivity index is 1.64. The first kappa shape index (κ1) is 16.4. The molecule has 126 valence electrons. The van der Waals surface area contributed by atoms with E-state index in [9.17, 15) is 9.59 Å². The highest BCUT2D eigenvalue weighted by Crippen LogP contribution is 2.41. The normalized spacial score (nSPS) is 25.2. The van der Waals surface area contributed by atoms with E-state index in [1.165, 1.54) is 11.3 Å². The summed E-state index contributed by atoms with van der Waals surface area (Å²) in [5.74, 6) is 0.238. The fourth-order valence-electron chi connectivity index (χ4n) is 3.65. The summed E-state index contributed by atoms with van der Waals surface area (Å²) in [4.78, 5) is 33.1. The summed E-state index contributed by atoms with van der Waals surface area (Å²) >= 11 is 1.43. The topological polar surface area (TPSA) is 62.7 Å². The van der Waals surface area contributed by atoms with Gasteiger partial charge >= 0.3 is 0 Å². The van der Waals surface area contributed by atoms with E-state index in [4.69, 9.17) is 4.74 Å². The first-order chi connectivity index (χ1) is 11.2. The molecule has 0 aromatic carbocycles. The third-order valence-corrected chi connectivity index (χ3v) is 5.64. The van der Waals surface area contributed by atoms with E-state index in [0.717, 1.165) is 32.2 Å². The van der Waals surface area contributed by atoms with Gasteiger partial charge in [-0.2, -0.15) is 0 Å². The number of thiazole rings is 1. The first-order valence-electron chi connectivity index (χ1n) is 8.12. The minimum atomic E-state index is -0.273. The molecule has 0 unspecified atom stereocenters. The quantitative estimate of drug-likeness (QED) is 0.838. The smallest absolute Gasteiger partial charge is 0.273 e. The number of nitrogens with zero attached hydrogens (tertiary/aromatic N) is 3. The molecule has 1 aromatic rings. The van der Waals surface area contributed by atoms with Gasteiger partial charge in [-0.15, -0.1) is 11.3 Å². The van der Waals surface area contributed by atoms with Crippen molar-refractivity contribution in [3.05, 3.63) is 16.6 Å². The van der Waals surface area contributed by atoms with Crippen molar-refractivity contribution in [3.8, 4) is 0 Å². The fourth-order valence-corrected chi connectivity index (χ4v) is 4.17. The number of amides is 2. The number of hydrogen-bond acceptors (Lipinski definition) is 5. The fraction of sp³-hybridized carbons (Fsp3) is 0.688. The van der Waals surface area contributed by atoms with Gasteiger partial charge in [0.2, 0.25) is 5.91 Å². The Morgan fingerprint density at radius 1 is 1.35 bits per heavy atom. The highest BCUT2D eigenvalue weighted by Gasteiger charge is 2.47. The van der Waals surface area contributed by atoms with E-state index in [1.54, 1.807) is 18.0 Å². The third-order valence-electron chi connectivity index (χ3n) is 5.05. The summed E-state index contributed by atoms with van der Waals surface area (Å²) in [6, 6.07) is 0. The predicted molar refractivity (Wildman–Crippen MR) is 87.4 cm³/mol. The summed E-state index contributed by atoms with van der Waals surface area (Å²) < 4.78 is 5.09. The van der Waals surface area contributed by atoms with Gasteiger partial charge < -0.3 is 14.5 Å². The Morgan fingerprint density at radius 3 is 2.91 bits per heavy atom. The van der Waals surface area contributed by atoms with Gasteiger partial charge in [-0.3, -0.25) is 9.59 Å². The molecule has 3 heterocycles. The second-order valence-corrected chi connectivity index (χ2v) is 7.05. The molecule has 2 saturated heterocycles. The maximum absolute atomic E-state index is 12.8. The van der Waals surface area contributed by atoms with Crippen LogP contribution in [0.5, 0.6) is 0 Å². The van der Waals surface area contributed by atoms with Crippen molar-refractivity contribution in [2.75, 3.05) is 39.9 Å². The number of hydrogen-bond donors (Lipinski definition) is 0. The predicted octanol–water partition coefficient (Wildman–Crippen LogP) is 1.63. The molecule has 1 aromatic heterocycles. The second-order valence-electron chi connectivity index (χ2n) is 6.33. The third kappa shape index (κ3) is 3.26. The van der Waals surface area contributed by atoms with Crippen LogP contribution in [-0.4, -0.2) is 66.5 Å². The Bertz CT molecular complexity index is 563. The average Bonchev–Trinajstić information content (AvgIpc) is 3.12. The molecular formula is C16H23N3O3S. The van der Waals surface area contributed by atoms with Gasteiger partial charge in [0.15, 0.2) is 0 Å². The van der Waals surface area contributed by atoms with Gasteiger partial charge in [-0.1, -0.05) is 0 Å². The van der Waals surface area contributed by atoms with Crippen LogP contribution in [0.2, 0.25) is 0 Å². The van der Waals surface area contributed by atoms with Gasteiger partial charge in [-0.05, 0) is 25.7 Å². The van der Waals surface area contributed by atoms with E-state index in [2.05, 4.69) is 4.98 Å². The summed E-state index contributed by atoms with van der Waals surface area (Å²) in [6.45, 7) is 3.40. The lowest BCUT2D eigenvalue weighted by atomic mass is 9.79. The van der Waals surface area contributed by atoms with Crippen molar-refractivity contribution >= 4 is 23.2 Å². The summed E-state index contributed by atoms with van der Waals surface area (Å²) in [5.41, 5.74) is 1.93. The zero-order valence-electron chi connectivity index (χ0n) is 13.5. The van der Waals surface area contributed by atoms with Crippen LogP contribution in [0.1, 0.15) is 36.2 Å². The lowest BCUT2D eigenvalue weighted by molar-refractivity contribution is -0.137. The minimum absolute atomic E-state index is 0.00927. The molecule has 0 saturated carbocycles.